The Bertz CT molecular complexity index is 950. The minimum absolute atomic E-state index is 0.0311. The van der Waals surface area contributed by atoms with Gasteiger partial charge in [-0.2, -0.15) is 0 Å². The van der Waals surface area contributed by atoms with E-state index in [-0.39, 0.29) is 16.2 Å². The Hall–Kier alpha value is -1.86. The van der Waals surface area contributed by atoms with Crippen LogP contribution in [-0.2, 0) is 0 Å². The summed E-state index contributed by atoms with van der Waals surface area (Å²) in [6.45, 7) is 0. The Kier molecular flexibility index (Phi) is 3.61. The molecule has 23 heavy (non-hydrogen) atoms. The van der Waals surface area contributed by atoms with Gasteiger partial charge in [-0.25, -0.2) is 4.39 Å². The first-order valence-corrected chi connectivity index (χ1v) is 8.54. The fourth-order valence-corrected chi connectivity index (χ4v) is 3.56. The highest BCUT2D eigenvalue weighted by Crippen LogP contribution is 2.34. The van der Waals surface area contributed by atoms with Crippen LogP contribution in [0.5, 0.6) is 0 Å². The summed E-state index contributed by atoms with van der Waals surface area (Å²) in [5.41, 5.74) is 0.409. The average molecular weight is 351 g/mol. The number of rotatable bonds is 4. The molecule has 1 fully saturated rings. The summed E-state index contributed by atoms with van der Waals surface area (Å²) < 4.78 is 16.3. The molecule has 0 N–H and O–H groups in total. The summed E-state index contributed by atoms with van der Waals surface area (Å²) in [5.74, 6) is 1.23. The molecule has 0 saturated heterocycles. The Labute approximate surface area is 140 Å². The first-order chi connectivity index (χ1) is 11.1. The zero-order valence-corrected chi connectivity index (χ0v) is 13.5. The lowest BCUT2D eigenvalue weighted by Gasteiger charge is -2.07. The molecule has 4 rings (SSSR count). The van der Waals surface area contributed by atoms with Gasteiger partial charge in [-0.3, -0.25) is 13.8 Å². The highest BCUT2D eigenvalue weighted by molar-refractivity contribution is 7.99. The Morgan fingerprint density at radius 1 is 1.30 bits per heavy atom. The monoisotopic (exact) mass is 350 g/mol. The van der Waals surface area contributed by atoms with Gasteiger partial charge < -0.3 is 0 Å². The molecule has 118 valence electrons. The lowest BCUT2D eigenvalue weighted by atomic mass is 10.3. The van der Waals surface area contributed by atoms with E-state index in [1.165, 1.54) is 35.6 Å². The second-order valence-corrected chi connectivity index (χ2v) is 6.90. The third-order valence-electron chi connectivity index (χ3n) is 3.77. The second kappa shape index (κ2) is 5.65. The first-order valence-electron chi connectivity index (χ1n) is 7.18. The Morgan fingerprint density at radius 3 is 2.87 bits per heavy atom. The number of hydrogen-bond donors (Lipinski definition) is 0. The molecule has 0 spiro atoms. The van der Waals surface area contributed by atoms with E-state index in [9.17, 15) is 9.18 Å². The SMILES string of the molecule is O=c1c2nnc(SCC3CC3)n2ccn1-c1ccc(F)c(Cl)c1. The number of benzene rings is 1. The van der Waals surface area contributed by atoms with Crippen LogP contribution in [0.2, 0.25) is 5.02 Å². The zero-order valence-electron chi connectivity index (χ0n) is 11.9. The molecule has 0 bridgehead atoms. The van der Waals surface area contributed by atoms with Crippen molar-refractivity contribution in [3.8, 4) is 5.69 Å². The predicted molar refractivity (Wildman–Crippen MR) is 87.0 cm³/mol. The minimum Gasteiger partial charge on any atom is -0.280 e. The molecule has 1 aliphatic carbocycles. The van der Waals surface area contributed by atoms with Crippen LogP contribution in [0.4, 0.5) is 4.39 Å². The molecule has 0 radical (unpaired) electrons. The fraction of sp³-hybridized carbons (Fsp3) is 0.267. The normalized spacial score (nSPS) is 14.5. The quantitative estimate of drug-likeness (QED) is 0.678. The molecule has 0 aliphatic heterocycles. The van der Waals surface area contributed by atoms with E-state index < -0.39 is 5.82 Å². The van der Waals surface area contributed by atoms with E-state index in [0.29, 0.717) is 10.8 Å². The highest BCUT2D eigenvalue weighted by atomic mass is 35.5. The van der Waals surface area contributed by atoms with Gasteiger partial charge in [0.05, 0.1) is 10.7 Å². The molecule has 0 atom stereocenters. The van der Waals surface area contributed by atoms with Gasteiger partial charge in [0.1, 0.15) is 5.82 Å². The maximum Gasteiger partial charge on any atom is 0.300 e. The van der Waals surface area contributed by atoms with Gasteiger partial charge in [-0.15, -0.1) is 10.2 Å². The van der Waals surface area contributed by atoms with Crippen LogP contribution in [0.1, 0.15) is 12.8 Å². The zero-order chi connectivity index (χ0) is 16.0. The lowest BCUT2D eigenvalue weighted by Crippen LogP contribution is -2.20. The Morgan fingerprint density at radius 2 is 2.13 bits per heavy atom. The van der Waals surface area contributed by atoms with Crippen LogP contribution in [0.3, 0.4) is 0 Å². The van der Waals surface area contributed by atoms with Crippen LogP contribution >= 0.6 is 23.4 Å². The molecular formula is C15H12ClFN4OS. The number of nitrogens with zero attached hydrogens (tertiary/aromatic N) is 4. The number of thioether (sulfide) groups is 1. The van der Waals surface area contributed by atoms with Crippen molar-refractivity contribution in [2.75, 3.05) is 5.75 Å². The van der Waals surface area contributed by atoms with Crippen molar-refractivity contribution in [2.45, 2.75) is 18.0 Å². The molecule has 8 heteroatoms. The molecule has 1 aliphatic rings. The molecular weight excluding hydrogens is 339 g/mol. The standard InChI is InChI=1S/C15H12ClFN4OS/c16-11-7-10(3-4-12(11)17)20-5-6-21-13(14(20)22)18-19-15(21)23-8-9-1-2-9/h3-7,9H,1-2,8H2. The van der Waals surface area contributed by atoms with Gasteiger partial charge in [-0.05, 0) is 37.0 Å². The molecule has 5 nitrogen and oxygen atoms in total. The van der Waals surface area contributed by atoms with Crippen molar-refractivity contribution in [1.29, 1.82) is 0 Å². The molecule has 1 saturated carbocycles. The fourth-order valence-electron chi connectivity index (χ4n) is 2.28. The number of hydrogen-bond acceptors (Lipinski definition) is 4. The van der Waals surface area contributed by atoms with E-state index in [2.05, 4.69) is 10.2 Å². The van der Waals surface area contributed by atoms with Gasteiger partial charge in [0, 0.05) is 18.1 Å². The van der Waals surface area contributed by atoms with Crippen LogP contribution in [0.15, 0.2) is 40.5 Å². The van der Waals surface area contributed by atoms with E-state index in [1.807, 2.05) is 0 Å². The maximum absolute atomic E-state index is 13.3. The molecule has 0 unspecified atom stereocenters. The summed E-state index contributed by atoms with van der Waals surface area (Å²) in [6.07, 6.45) is 5.89. The molecule has 2 aromatic heterocycles. The largest absolute Gasteiger partial charge is 0.300 e. The van der Waals surface area contributed by atoms with E-state index in [1.54, 1.807) is 28.6 Å². The van der Waals surface area contributed by atoms with Gasteiger partial charge in [-0.1, -0.05) is 23.4 Å². The summed E-state index contributed by atoms with van der Waals surface area (Å²) in [6, 6.07) is 4.14. The number of fused-ring (bicyclic) bond motifs is 1. The van der Waals surface area contributed by atoms with E-state index in [0.717, 1.165) is 11.7 Å². The minimum atomic E-state index is -0.522. The summed E-state index contributed by atoms with van der Waals surface area (Å²) in [7, 11) is 0. The van der Waals surface area contributed by atoms with Gasteiger partial charge in [0.2, 0.25) is 5.65 Å². The van der Waals surface area contributed by atoms with E-state index in [4.69, 9.17) is 11.6 Å². The lowest BCUT2D eigenvalue weighted by molar-refractivity contribution is 0.627. The van der Waals surface area contributed by atoms with Crippen LogP contribution in [0, 0.1) is 11.7 Å². The average Bonchev–Trinajstić information content (AvgIpc) is 3.28. The topological polar surface area (TPSA) is 52.2 Å². The molecule has 2 heterocycles. The second-order valence-electron chi connectivity index (χ2n) is 5.50. The third kappa shape index (κ3) is 2.74. The summed E-state index contributed by atoms with van der Waals surface area (Å²) >= 11 is 7.40. The van der Waals surface area contributed by atoms with Crippen LogP contribution in [-0.4, -0.2) is 24.9 Å². The molecule has 3 aromatic rings. The van der Waals surface area contributed by atoms with Crippen molar-refractivity contribution in [1.82, 2.24) is 19.2 Å². The van der Waals surface area contributed by atoms with Crippen molar-refractivity contribution < 1.29 is 4.39 Å². The number of halogens is 2. The van der Waals surface area contributed by atoms with Crippen molar-refractivity contribution in [3.63, 3.8) is 0 Å². The van der Waals surface area contributed by atoms with Crippen molar-refractivity contribution >= 4 is 29.0 Å². The molecule has 0 amide bonds. The third-order valence-corrected chi connectivity index (χ3v) is 5.23. The highest BCUT2D eigenvalue weighted by Gasteiger charge is 2.22. The van der Waals surface area contributed by atoms with Gasteiger partial charge >= 0.3 is 5.56 Å². The number of aromatic nitrogens is 4. The van der Waals surface area contributed by atoms with Crippen LogP contribution in [0.25, 0.3) is 11.3 Å². The van der Waals surface area contributed by atoms with Crippen molar-refractivity contribution in [2.24, 2.45) is 5.92 Å². The predicted octanol–water partition coefficient (Wildman–Crippen LogP) is 3.17. The smallest absolute Gasteiger partial charge is 0.280 e. The van der Waals surface area contributed by atoms with Gasteiger partial charge in [0.25, 0.3) is 0 Å². The maximum atomic E-state index is 13.3. The molecule has 1 aromatic carbocycles. The summed E-state index contributed by atoms with van der Waals surface area (Å²) in [5, 5.41) is 8.78. The summed E-state index contributed by atoms with van der Waals surface area (Å²) in [4.78, 5) is 12.6. The van der Waals surface area contributed by atoms with Crippen molar-refractivity contribution in [3.05, 3.63) is 51.8 Å². The van der Waals surface area contributed by atoms with Gasteiger partial charge in [0.15, 0.2) is 5.16 Å². The van der Waals surface area contributed by atoms with Crippen LogP contribution < -0.4 is 5.56 Å². The van der Waals surface area contributed by atoms with E-state index >= 15 is 0 Å². The Balaban J connectivity index is 1.75. The first kappa shape index (κ1) is 14.7.